The van der Waals surface area contributed by atoms with E-state index in [4.69, 9.17) is 21.5 Å². The van der Waals surface area contributed by atoms with E-state index in [2.05, 4.69) is 0 Å². The van der Waals surface area contributed by atoms with Crippen LogP contribution >= 0.6 is 11.6 Å². The number of rotatable bonds is 6. The van der Waals surface area contributed by atoms with E-state index in [0.29, 0.717) is 23.8 Å². The number of aryl methyl sites for hydroxylation is 1. The molecular weight excluding hydrogens is 274 g/mol. The van der Waals surface area contributed by atoms with Crippen molar-refractivity contribution >= 4 is 21.6 Å². The molecule has 18 heavy (non-hydrogen) atoms. The smallest absolute Gasteiger partial charge is 0.209 e. The topological polar surface area (TPSA) is 69.4 Å². The van der Waals surface area contributed by atoms with E-state index in [1.807, 2.05) is 19.9 Å². The number of halogens is 1. The molecule has 1 atom stereocenters. The van der Waals surface area contributed by atoms with Crippen LogP contribution in [0, 0.1) is 12.8 Å². The van der Waals surface area contributed by atoms with Crippen molar-refractivity contribution in [2.45, 2.75) is 20.3 Å². The van der Waals surface area contributed by atoms with Crippen molar-refractivity contribution in [2.24, 2.45) is 11.1 Å². The van der Waals surface area contributed by atoms with E-state index in [1.54, 1.807) is 12.1 Å². The van der Waals surface area contributed by atoms with Gasteiger partial charge in [-0.15, -0.1) is 0 Å². The molecule has 1 aromatic rings. The van der Waals surface area contributed by atoms with Gasteiger partial charge in [0, 0.05) is 10.9 Å². The van der Waals surface area contributed by atoms with Crippen molar-refractivity contribution in [3.05, 3.63) is 28.8 Å². The fourth-order valence-corrected chi connectivity index (χ4v) is 2.64. The first-order valence-electron chi connectivity index (χ1n) is 5.71. The van der Waals surface area contributed by atoms with E-state index in [1.165, 1.54) is 0 Å². The van der Waals surface area contributed by atoms with Crippen LogP contribution in [0.1, 0.15) is 18.9 Å². The first-order valence-corrected chi connectivity index (χ1v) is 7.80. The van der Waals surface area contributed by atoms with Gasteiger partial charge in [0.25, 0.3) is 0 Å². The zero-order valence-electron chi connectivity index (χ0n) is 10.5. The fraction of sp³-hybridized carbons (Fsp3) is 0.500. The Morgan fingerprint density at radius 1 is 1.44 bits per heavy atom. The average Bonchev–Trinajstić information content (AvgIpc) is 2.27. The highest BCUT2D eigenvalue weighted by Gasteiger charge is 2.15. The van der Waals surface area contributed by atoms with E-state index >= 15 is 0 Å². The van der Waals surface area contributed by atoms with Crippen molar-refractivity contribution in [1.82, 2.24) is 0 Å². The molecule has 4 nitrogen and oxygen atoms in total. The second kappa shape index (κ2) is 6.41. The lowest BCUT2D eigenvalue weighted by atomic mass is 10.1. The summed E-state index contributed by atoms with van der Waals surface area (Å²) in [6, 6.07) is 5.35. The lowest BCUT2D eigenvalue weighted by Crippen LogP contribution is -2.26. The van der Waals surface area contributed by atoms with Gasteiger partial charge in [0.15, 0.2) is 0 Å². The Labute approximate surface area is 113 Å². The third kappa shape index (κ3) is 5.25. The number of benzene rings is 1. The molecule has 1 rings (SSSR count). The molecule has 0 aliphatic heterocycles. The van der Waals surface area contributed by atoms with Gasteiger partial charge < -0.3 is 4.74 Å². The Morgan fingerprint density at radius 2 is 2.11 bits per heavy atom. The van der Waals surface area contributed by atoms with Crippen LogP contribution in [-0.2, 0) is 10.0 Å². The summed E-state index contributed by atoms with van der Waals surface area (Å²) in [5, 5.41) is 5.70. The van der Waals surface area contributed by atoms with Crippen LogP contribution in [0.15, 0.2) is 18.2 Å². The molecule has 1 unspecified atom stereocenters. The van der Waals surface area contributed by atoms with E-state index in [9.17, 15) is 8.42 Å². The average molecular weight is 292 g/mol. The number of ether oxygens (including phenoxy) is 1. The van der Waals surface area contributed by atoms with Gasteiger partial charge in [-0.2, -0.15) is 0 Å². The number of nitrogens with two attached hydrogens (primary N) is 1. The lowest BCUT2D eigenvalue weighted by Gasteiger charge is -2.15. The maximum Gasteiger partial charge on any atom is 0.209 e. The van der Waals surface area contributed by atoms with Gasteiger partial charge in [-0.05, 0) is 37.1 Å². The predicted molar refractivity (Wildman–Crippen MR) is 73.4 cm³/mol. The zero-order valence-corrected chi connectivity index (χ0v) is 12.1. The molecule has 0 aromatic heterocycles. The third-order valence-corrected chi connectivity index (χ3v) is 4.02. The Morgan fingerprint density at radius 3 is 2.61 bits per heavy atom. The normalized spacial score (nSPS) is 13.3. The van der Waals surface area contributed by atoms with Crippen molar-refractivity contribution in [2.75, 3.05) is 12.4 Å². The Bertz CT molecular complexity index is 502. The molecule has 6 heteroatoms. The lowest BCUT2D eigenvalue weighted by molar-refractivity contribution is 0.257. The van der Waals surface area contributed by atoms with Gasteiger partial charge >= 0.3 is 0 Å². The molecule has 0 fully saturated rings. The summed E-state index contributed by atoms with van der Waals surface area (Å²) in [4.78, 5) is 0. The molecule has 0 spiro atoms. The predicted octanol–water partition coefficient (Wildman–Crippen LogP) is 2.34. The van der Waals surface area contributed by atoms with Gasteiger partial charge in [0.1, 0.15) is 5.75 Å². The molecule has 0 aliphatic carbocycles. The van der Waals surface area contributed by atoms with Crippen LogP contribution in [0.2, 0.25) is 5.02 Å². The number of hydrogen-bond acceptors (Lipinski definition) is 3. The molecule has 0 saturated carbocycles. The highest BCUT2D eigenvalue weighted by atomic mass is 35.5. The summed E-state index contributed by atoms with van der Waals surface area (Å²) in [6.45, 7) is 4.12. The maximum absolute atomic E-state index is 11.0. The maximum atomic E-state index is 11.0. The first kappa shape index (κ1) is 15.3. The molecule has 0 aliphatic rings. The van der Waals surface area contributed by atoms with Gasteiger partial charge in [-0.1, -0.05) is 18.5 Å². The van der Waals surface area contributed by atoms with Crippen LogP contribution in [0.25, 0.3) is 0 Å². The minimum Gasteiger partial charge on any atom is -0.493 e. The Kier molecular flexibility index (Phi) is 5.44. The highest BCUT2D eigenvalue weighted by molar-refractivity contribution is 7.89. The van der Waals surface area contributed by atoms with Crippen LogP contribution in [0.3, 0.4) is 0 Å². The van der Waals surface area contributed by atoms with Crippen LogP contribution in [-0.4, -0.2) is 20.8 Å². The van der Waals surface area contributed by atoms with Crippen LogP contribution in [0.5, 0.6) is 5.75 Å². The molecule has 0 bridgehead atoms. The second-order valence-electron chi connectivity index (χ2n) is 4.33. The van der Waals surface area contributed by atoms with Gasteiger partial charge in [0.2, 0.25) is 10.0 Å². The summed E-state index contributed by atoms with van der Waals surface area (Å²) in [6.07, 6.45) is 0.697. The molecule has 0 radical (unpaired) electrons. The first-order chi connectivity index (χ1) is 8.31. The molecule has 1 aromatic carbocycles. The largest absolute Gasteiger partial charge is 0.493 e. The van der Waals surface area contributed by atoms with Crippen molar-refractivity contribution in [3.63, 3.8) is 0 Å². The minimum absolute atomic E-state index is 0.0595. The molecule has 0 heterocycles. The summed E-state index contributed by atoms with van der Waals surface area (Å²) >= 11 is 5.91. The van der Waals surface area contributed by atoms with E-state index in [0.717, 1.165) is 5.56 Å². The van der Waals surface area contributed by atoms with Crippen molar-refractivity contribution in [3.8, 4) is 5.75 Å². The van der Waals surface area contributed by atoms with Crippen molar-refractivity contribution in [1.29, 1.82) is 0 Å². The van der Waals surface area contributed by atoms with Crippen LogP contribution < -0.4 is 9.88 Å². The van der Waals surface area contributed by atoms with Gasteiger partial charge in [0.05, 0.1) is 12.4 Å². The number of primary sulfonamides is 1. The molecular formula is C12H18ClNO3S. The summed E-state index contributed by atoms with van der Waals surface area (Å²) < 4.78 is 27.6. The molecule has 0 saturated heterocycles. The zero-order chi connectivity index (χ0) is 13.8. The van der Waals surface area contributed by atoms with Crippen molar-refractivity contribution < 1.29 is 13.2 Å². The quantitative estimate of drug-likeness (QED) is 0.874. The SMILES string of the molecule is CCC(COc1ccc(Cl)c(C)c1)CS(N)(=O)=O. The van der Waals surface area contributed by atoms with E-state index in [-0.39, 0.29) is 11.7 Å². The Hall–Kier alpha value is -0.780. The standard InChI is InChI=1S/C12H18ClNO3S/c1-3-10(8-18(14,15)16)7-17-11-4-5-12(13)9(2)6-11/h4-6,10H,3,7-8H2,1-2H3,(H2,14,15,16). The number of sulfonamides is 1. The minimum atomic E-state index is -3.46. The summed E-state index contributed by atoms with van der Waals surface area (Å²) in [5.74, 6) is 0.525. The third-order valence-electron chi connectivity index (χ3n) is 2.66. The summed E-state index contributed by atoms with van der Waals surface area (Å²) in [7, 11) is -3.46. The molecule has 0 amide bonds. The highest BCUT2D eigenvalue weighted by Crippen LogP contribution is 2.21. The number of hydrogen-bond donors (Lipinski definition) is 1. The van der Waals surface area contributed by atoms with E-state index < -0.39 is 10.0 Å². The molecule has 102 valence electrons. The van der Waals surface area contributed by atoms with Gasteiger partial charge in [-0.25, -0.2) is 13.6 Å². The summed E-state index contributed by atoms with van der Waals surface area (Å²) in [5.41, 5.74) is 0.925. The van der Waals surface area contributed by atoms with Gasteiger partial charge in [-0.3, -0.25) is 0 Å². The molecule has 2 N–H and O–H groups in total. The Balaban J connectivity index is 2.60. The second-order valence-corrected chi connectivity index (χ2v) is 6.39. The fourth-order valence-electron chi connectivity index (χ4n) is 1.53. The monoisotopic (exact) mass is 291 g/mol. The van der Waals surface area contributed by atoms with Crippen LogP contribution in [0.4, 0.5) is 0 Å².